The zero-order valence-corrected chi connectivity index (χ0v) is 14.6. The molecule has 7 nitrogen and oxygen atoms in total. The van der Waals surface area contributed by atoms with Gasteiger partial charge in [-0.15, -0.1) is 0 Å². The molecule has 134 valence electrons. The minimum Gasteiger partial charge on any atom is -0.326 e. The molecule has 0 radical (unpaired) electrons. The molecule has 0 aromatic heterocycles. The molecule has 0 saturated carbocycles. The third-order valence-electron chi connectivity index (χ3n) is 4.48. The van der Waals surface area contributed by atoms with Crippen molar-refractivity contribution in [2.45, 2.75) is 20.3 Å². The first-order valence-electron chi connectivity index (χ1n) is 8.28. The lowest BCUT2D eigenvalue weighted by molar-refractivity contribution is -0.384. The monoisotopic (exact) mass is 353 g/mol. The van der Waals surface area contributed by atoms with Crippen LogP contribution in [-0.4, -0.2) is 23.3 Å². The highest BCUT2D eigenvalue weighted by molar-refractivity contribution is 6.03. The van der Waals surface area contributed by atoms with E-state index in [1.165, 1.54) is 24.3 Å². The summed E-state index contributed by atoms with van der Waals surface area (Å²) < 4.78 is 0. The smallest absolute Gasteiger partial charge is 0.269 e. The van der Waals surface area contributed by atoms with Gasteiger partial charge in [0.2, 0.25) is 11.8 Å². The van der Waals surface area contributed by atoms with Crippen molar-refractivity contribution in [1.29, 1.82) is 0 Å². The number of anilines is 2. The van der Waals surface area contributed by atoms with E-state index < -0.39 is 10.8 Å². The summed E-state index contributed by atoms with van der Waals surface area (Å²) in [7, 11) is 0. The summed E-state index contributed by atoms with van der Waals surface area (Å²) in [5, 5.41) is 13.4. The van der Waals surface area contributed by atoms with Gasteiger partial charge in [0.25, 0.3) is 5.69 Å². The number of hydrogen-bond acceptors (Lipinski definition) is 4. The Morgan fingerprint density at radius 2 is 1.88 bits per heavy atom. The van der Waals surface area contributed by atoms with Gasteiger partial charge in [0.05, 0.1) is 10.8 Å². The fraction of sp³-hybridized carbons (Fsp3) is 0.263. The van der Waals surface area contributed by atoms with Crippen LogP contribution in [0.15, 0.2) is 42.5 Å². The molecular weight excluding hydrogens is 334 g/mol. The summed E-state index contributed by atoms with van der Waals surface area (Å²) in [6.07, 6.45) is 0.145. The van der Waals surface area contributed by atoms with Crippen LogP contribution in [0.2, 0.25) is 0 Å². The number of hydrogen-bond donors (Lipinski definition) is 1. The zero-order chi connectivity index (χ0) is 18.8. The molecule has 0 spiro atoms. The number of benzene rings is 2. The lowest BCUT2D eigenvalue weighted by Gasteiger charge is -2.19. The average Bonchev–Trinajstić information content (AvgIpc) is 2.97. The topological polar surface area (TPSA) is 92.6 Å². The summed E-state index contributed by atoms with van der Waals surface area (Å²) in [4.78, 5) is 36.7. The van der Waals surface area contributed by atoms with Crippen LogP contribution in [0, 0.1) is 29.9 Å². The predicted molar refractivity (Wildman–Crippen MR) is 98.1 cm³/mol. The van der Waals surface area contributed by atoms with Gasteiger partial charge in [-0.25, -0.2) is 0 Å². The molecule has 1 atom stereocenters. The SMILES string of the molecule is Cc1ccc(N2C[C@H](C(=O)Nc3ccc([N+](=O)[O-])cc3)CC2=O)c(C)c1. The summed E-state index contributed by atoms with van der Waals surface area (Å²) in [6.45, 7) is 4.25. The van der Waals surface area contributed by atoms with Crippen LogP contribution >= 0.6 is 0 Å². The van der Waals surface area contributed by atoms with Crippen LogP contribution in [0.25, 0.3) is 0 Å². The molecule has 2 amide bonds. The summed E-state index contributed by atoms with van der Waals surface area (Å²) in [5.74, 6) is -0.807. The second kappa shape index (κ2) is 6.95. The van der Waals surface area contributed by atoms with Gasteiger partial charge in [-0.05, 0) is 37.6 Å². The van der Waals surface area contributed by atoms with Gasteiger partial charge >= 0.3 is 0 Å². The molecule has 26 heavy (non-hydrogen) atoms. The van der Waals surface area contributed by atoms with Crippen molar-refractivity contribution in [2.24, 2.45) is 5.92 Å². The fourth-order valence-corrected chi connectivity index (χ4v) is 3.14. The van der Waals surface area contributed by atoms with Crippen molar-refractivity contribution in [3.63, 3.8) is 0 Å². The normalized spacial score (nSPS) is 16.6. The Balaban J connectivity index is 1.69. The lowest BCUT2D eigenvalue weighted by Crippen LogP contribution is -2.28. The van der Waals surface area contributed by atoms with Crippen LogP contribution in [0.1, 0.15) is 17.5 Å². The molecule has 1 saturated heterocycles. The first-order valence-corrected chi connectivity index (χ1v) is 8.28. The Morgan fingerprint density at radius 1 is 1.19 bits per heavy atom. The van der Waals surface area contributed by atoms with Crippen molar-refractivity contribution in [3.8, 4) is 0 Å². The Morgan fingerprint density at radius 3 is 2.50 bits per heavy atom. The van der Waals surface area contributed by atoms with Gasteiger partial charge in [-0.3, -0.25) is 19.7 Å². The molecule has 1 heterocycles. The molecule has 0 unspecified atom stereocenters. The van der Waals surface area contributed by atoms with Crippen molar-refractivity contribution < 1.29 is 14.5 Å². The molecule has 2 aromatic carbocycles. The van der Waals surface area contributed by atoms with Crippen molar-refractivity contribution >= 4 is 28.9 Å². The largest absolute Gasteiger partial charge is 0.326 e. The molecule has 7 heteroatoms. The standard InChI is InChI=1S/C19H19N3O4/c1-12-3-8-17(13(2)9-12)21-11-14(10-18(21)23)19(24)20-15-4-6-16(7-5-15)22(25)26/h3-9,14H,10-11H2,1-2H3,(H,20,24)/t14-/m1/s1. The van der Waals surface area contributed by atoms with Crippen LogP contribution in [0.4, 0.5) is 17.1 Å². The van der Waals surface area contributed by atoms with Gasteiger partial charge in [0, 0.05) is 36.5 Å². The maximum atomic E-state index is 12.5. The molecule has 1 N–H and O–H groups in total. The van der Waals surface area contributed by atoms with E-state index in [4.69, 9.17) is 0 Å². The second-order valence-corrected chi connectivity index (χ2v) is 6.49. The van der Waals surface area contributed by atoms with Crippen LogP contribution in [-0.2, 0) is 9.59 Å². The third-order valence-corrected chi connectivity index (χ3v) is 4.48. The minimum absolute atomic E-state index is 0.0416. The highest BCUT2D eigenvalue weighted by atomic mass is 16.6. The van der Waals surface area contributed by atoms with Gasteiger partial charge in [0.15, 0.2) is 0 Å². The van der Waals surface area contributed by atoms with E-state index in [0.717, 1.165) is 16.8 Å². The Labute approximate surface area is 150 Å². The first kappa shape index (κ1) is 17.6. The number of carbonyl (C=O) groups excluding carboxylic acids is 2. The zero-order valence-electron chi connectivity index (χ0n) is 14.6. The number of nitrogens with one attached hydrogen (secondary N) is 1. The van der Waals surface area contributed by atoms with E-state index in [0.29, 0.717) is 12.2 Å². The summed E-state index contributed by atoms with van der Waals surface area (Å²) in [5.41, 5.74) is 3.37. The second-order valence-electron chi connectivity index (χ2n) is 6.49. The Kier molecular flexibility index (Phi) is 4.71. The predicted octanol–water partition coefficient (Wildman–Crippen LogP) is 3.20. The number of aryl methyl sites for hydroxylation is 2. The maximum absolute atomic E-state index is 12.5. The fourth-order valence-electron chi connectivity index (χ4n) is 3.14. The molecule has 1 aliphatic heterocycles. The molecule has 3 rings (SSSR count). The van der Waals surface area contributed by atoms with Crippen molar-refractivity contribution in [3.05, 3.63) is 63.7 Å². The van der Waals surface area contributed by atoms with Crippen molar-refractivity contribution in [2.75, 3.05) is 16.8 Å². The molecule has 0 bridgehead atoms. The van der Waals surface area contributed by atoms with Crippen LogP contribution in [0.5, 0.6) is 0 Å². The van der Waals surface area contributed by atoms with Crippen LogP contribution < -0.4 is 10.2 Å². The van der Waals surface area contributed by atoms with Gasteiger partial charge in [0.1, 0.15) is 0 Å². The Hall–Kier alpha value is -3.22. The molecule has 1 fully saturated rings. The van der Waals surface area contributed by atoms with Crippen LogP contribution in [0.3, 0.4) is 0 Å². The number of nitrogens with zero attached hydrogens (tertiary/aromatic N) is 2. The van der Waals surface area contributed by atoms with E-state index in [1.807, 2.05) is 32.0 Å². The molecule has 0 aliphatic carbocycles. The quantitative estimate of drug-likeness (QED) is 0.675. The molecular formula is C19H19N3O4. The lowest BCUT2D eigenvalue weighted by atomic mass is 10.1. The Bertz CT molecular complexity index is 877. The van der Waals surface area contributed by atoms with Crippen molar-refractivity contribution in [1.82, 2.24) is 0 Å². The number of non-ortho nitro benzene ring substituents is 1. The third kappa shape index (κ3) is 3.56. The highest BCUT2D eigenvalue weighted by Gasteiger charge is 2.35. The van der Waals surface area contributed by atoms with Gasteiger partial charge in [-0.1, -0.05) is 17.7 Å². The summed E-state index contributed by atoms with van der Waals surface area (Å²) >= 11 is 0. The van der Waals surface area contributed by atoms with E-state index in [9.17, 15) is 19.7 Å². The van der Waals surface area contributed by atoms with E-state index in [1.54, 1.807) is 4.90 Å². The highest BCUT2D eigenvalue weighted by Crippen LogP contribution is 2.29. The molecule has 1 aliphatic rings. The molecule has 2 aromatic rings. The summed E-state index contributed by atoms with van der Waals surface area (Å²) in [6, 6.07) is 11.5. The number of nitro groups is 1. The number of nitro benzene ring substituents is 1. The van der Waals surface area contributed by atoms with E-state index >= 15 is 0 Å². The first-order chi connectivity index (χ1) is 12.3. The van der Waals surface area contributed by atoms with Gasteiger partial charge in [-0.2, -0.15) is 0 Å². The number of carbonyl (C=O) groups is 2. The number of amides is 2. The minimum atomic E-state index is -0.497. The number of rotatable bonds is 4. The van der Waals surface area contributed by atoms with E-state index in [-0.39, 0.29) is 23.9 Å². The van der Waals surface area contributed by atoms with Gasteiger partial charge < -0.3 is 10.2 Å². The van der Waals surface area contributed by atoms with E-state index in [2.05, 4.69) is 5.32 Å². The maximum Gasteiger partial charge on any atom is 0.269 e. The average molecular weight is 353 g/mol.